The first-order valence-electron chi connectivity index (χ1n) is 17.6. The van der Waals surface area contributed by atoms with Crippen LogP contribution in [0.1, 0.15) is 5.82 Å². The van der Waals surface area contributed by atoms with E-state index in [2.05, 4.69) is 186 Å². The molecule has 0 bridgehead atoms. The zero-order valence-corrected chi connectivity index (χ0v) is 28.0. The predicted octanol–water partition coefficient (Wildman–Crippen LogP) is 13.1. The van der Waals surface area contributed by atoms with Gasteiger partial charge in [0, 0.05) is 5.69 Å². The molecule has 0 spiro atoms. The number of rotatable bonds is 3. The van der Waals surface area contributed by atoms with E-state index in [1.165, 1.54) is 65.3 Å². The first-order chi connectivity index (χ1) is 25.2. The number of aromatic nitrogens is 2. The van der Waals surface area contributed by atoms with Crippen molar-refractivity contribution in [2.45, 2.75) is 6.92 Å². The van der Waals surface area contributed by atoms with Crippen molar-refractivity contribution in [1.29, 1.82) is 0 Å². The van der Waals surface area contributed by atoms with E-state index in [1.807, 2.05) is 0 Å². The van der Waals surface area contributed by atoms with Gasteiger partial charge in [-0.2, -0.15) is 0 Å². The first kappa shape index (κ1) is 28.2. The molecule has 1 aromatic heterocycles. The van der Waals surface area contributed by atoms with Crippen LogP contribution in [0.5, 0.6) is 0 Å². The molecule has 0 N–H and O–H groups in total. The van der Waals surface area contributed by atoms with Crippen LogP contribution < -0.4 is 4.90 Å². The quantitative estimate of drug-likeness (QED) is 0.140. The molecule has 0 saturated carbocycles. The highest BCUT2D eigenvalue weighted by Crippen LogP contribution is 2.50. The molecule has 2 heterocycles. The van der Waals surface area contributed by atoms with Crippen LogP contribution in [0.3, 0.4) is 0 Å². The molecule has 0 saturated heterocycles. The van der Waals surface area contributed by atoms with Crippen LogP contribution in [0.15, 0.2) is 170 Å². The van der Waals surface area contributed by atoms with Gasteiger partial charge < -0.3 is 4.90 Å². The summed E-state index contributed by atoms with van der Waals surface area (Å²) < 4.78 is 2.32. The maximum absolute atomic E-state index is 4.98. The van der Waals surface area contributed by atoms with E-state index in [0.29, 0.717) is 0 Å². The molecule has 1 aliphatic heterocycles. The van der Waals surface area contributed by atoms with E-state index in [-0.39, 0.29) is 0 Å². The SMILES string of the molecule is Cc1nc2cccc3c2n1-c1ccc(-c2c4ccccc4c(-c4ccc5c(ccc6ccccc65)c4)c4ccccc24)cc1N3c1ccccc1. The van der Waals surface area contributed by atoms with Gasteiger partial charge in [-0.25, -0.2) is 4.98 Å². The molecule has 3 nitrogen and oxygen atoms in total. The van der Waals surface area contributed by atoms with E-state index in [9.17, 15) is 0 Å². The van der Waals surface area contributed by atoms with E-state index < -0.39 is 0 Å². The number of hydrogen-bond acceptors (Lipinski definition) is 2. The Morgan fingerprint density at radius 1 is 0.412 bits per heavy atom. The topological polar surface area (TPSA) is 21.1 Å². The lowest BCUT2D eigenvalue weighted by molar-refractivity contribution is 0.982. The Bertz CT molecular complexity index is 2990. The summed E-state index contributed by atoms with van der Waals surface area (Å²) in [7, 11) is 0. The highest BCUT2D eigenvalue weighted by atomic mass is 15.2. The Kier molecular flexibility index (Phi) is 5.88. The second-order valence-corrected chi connectivity index (χ2v) is 13.6. The lowest BCUT2D eigenvalue weighted by atomic mass is 9.85. The lowest BCUT2D eigenvalue weighted by Gasteiger charge is -2.33. The molecule has 1 aliphatic rings. The van der Waals surface area contributed by atoms with Crippen molar-refractivity contribution in [2.24, 2.45) is 0 Å². The molecular weight excluding hydrogens is 619 g/mol. The predicted molar refractivity (Wildman–Crippen MR) is 215 cm³/mol. The summed E-state index contributed by atoms with van der Waals surface area (Å²) in [5, 5.41) is 10.1. The second-order valence-electron chi connectivity index (χ2n) is 13.6. The van der Waals surface area contributed by atoms with Gasteiger partial charge in [-0.1, -0.05) is 127 Å². The zero-order valence-electron chi connectivity index (χ0n) is 28.0. The fraction of sp³-hybridized carbons (Fsp3) is 0.0208. The molecular formula is C48H31N3. The van der Waals surface area contributed by atoms with Crippen LogP contribution in [0.25, 0.3) is 82.1 Å². The van der Waals surface area contributed by atoms with Crippen LogP contribution in [0.4, 0.5) is 17.1 Å². The molecule has 238 valence electrons. The second kappa shape index (κ2) is 10.6. The molecule has 9 aromatic carbocycles. The van der Waals surface area contributed by atoms with Crippen molar-refractivity contribution in [3.8, 4) is 27.9 Å². The average Bonchev–Trinajstić information content (AvgIpc) is 3.53. The van der Waals surface area contributed by atoms with Gasteiger partial charge in [-0.05, 0) is 115 Å². The van der Waals surface area contributed by atoms with Gasteiger partial charge in [0.2, 0.25) is 0 Å². The van der Waals surface area contributed by atoms with Gasteiger partial charge in [-0.3, -0.25) is 4.57 Å². The average molecular weight is 650 g/mol. The number of aryl methyl sites for hydroxylation is 1. The Balaban J connectivity index is 1.18. The van der Waals surface area contributed by atoms with Crippen molar-refractivity contribution in [3.63, 3.8) is 0 Å². The third kappa shape index (κ3) is 4.03. The summed E-state index contributed by atoms with van der Waals surface area (Å²) in [6.07, 6.45) is 0. The van der Waals surface area contributed by atoms with Crippen LogP contribution in [-0.2, 0) is 0 Å². The van der Waals surface area contributed by atoms with Crippen LogP contribution >= 0.6 is 0 Å². The maximum Gasteiger partial charge on any atom is 0.111 e. The van der Waals surface area contributed by atoms with Crippen LogP contribution in [0, 0.1) is 6.92 Å². The highest BCUT2D eigenvalue weighted by Gasteiger charge is 2.29. The Labute approximate surface area is 295 Å². The number of anilines is 3. The van der Waals surface area contributed by atoms with Gasteiger partial charge in [0.05, 0.1) is 28.1 Å². The molecule has 10 aromatic rings. The number of fused-ring (bicyclic) bond motifs is 7. The third-order valence-corrected chi connectivity index (χ3v) is 10.8. The fourth-order valence-corrected chi connectivity index (χ4v) is 8.65. The van der Waals surface area contributed by atoms with Gasteiger partial charge in [-0.15, -0.1) is 0 Å². The molecule has 51 heavy (non-hydrogen) atoms. The maximum atomic E-state index is 4.98. The van der Waals surface area contributed by atoms with E-state index in [0.717, 1.165) is 39.6 Å². The van der Waals surface area contributed by atoms with Crippen molar-refractivity contribution in [1.82, 2.24) is 9.55 Å². The highest BCUT2D eigenvalue weighted by molar-refractivity contribution is 6.22. The molecule has 0 radical (unpaired) electrons. The van der Waals surface area contributed by atoms with Crippen molar-refractivity contribution >= 4 is 71.2 Å². The van der Waals surface area contributed by atoms with Gasteiger partial charge in [0.25, 0.3) is 0 Å². The molecule has 11 rings (SSSR count). The molecule has 0 atom stereocenters. The normalized spacial score (nSPS) is 12.4. The number of para-hydroxylation sites is 2. The van der Waals surface area contributed by atoms with Gasteiger partial charge in [0.1, 0.15) is 5.82 Å². The Hall–Kier alpha value is -6.71. The van der Waals surface area contributed by atoms with Crippen molar-refractivity contribution in [3.05, 3.63) is 176 Å². The first-order valence-corrected chi connectivity index (χ1v) is 17.6. The summed E-state index contributed by atoms with van der Waals surface area (Å²) in [5.41, 5.74) is 11.6. The summed E-state index contributed by atoms with van der Waals surface area (Å²) in [6, 6.07) is 62.2. The number of hydrogen-bond donors (Lipinski definition) is 0. The van der Waals surface area contributed by atoms with Crippen molar-refractivity contribution in [2.75, 3.05) is 4.90 Å². The molecule has 0 fully saturated rings. The number of imidazole rings is 1. The monoisotopic (exact) mass is 649 g/mol. The van der Waals surface area contributed by atoms with Gasteiger partial charge in [0.15, 0.2) is 0 Å². The summed E-state index contributed by atoms with van der Waals surface area (Å²) in [5.74, 6) is 0.989. The minimum absolute atomic E-state index is 0.989. The van der Waals surface area contributed by atoms with Crippen LogP contribution in [-0.4, -0.2) is 9.55 Å². The molecule has 3 heteroatoms. The fourth-order valence-electron chi connectivity index (χ4n) is 8.65. The van der Waals surface area contributed by atoms with E-state index in [4.69, 9.17) is 4.98 Å². The largest absolute Gasteiger partial charge is 0.306 e. The minimum atomic E-state index is 0.989. The summed E-state index contributed by atoms with van der Waals surface area (Å²) in [6.45, 7) is 2.11. The smallest absolute Gasteiger partial charge is 0.111 e. The van der Waals surface area contributed by atoms with E-state index in [1.54, 1.807) is 0 Å². The van der Waals surface area contributed by atoms with Crippen LogP contribution in [0.2, 0.25) is 0 Å². The Morgan fingerprint density at radius 2 is 1.00 bits per heavy atom. The van der Waals surface area contributed by atoms with Gasteiger partial charge >= 0.3 is 0 Å². The Morgan fingerprint density at radius 3 is 1.73 bits per heavy atom. The summed E-state index contributed by atoms with van der Waals surface area (Å²) in [4.78, 5) is 7.39. The zero-order chi connectivity index (χ0) is 33.6. The molecule has 0 aliphatic carbocycles. The summed E-state index contributed by atoms with van der Waals surface area (Å²) >= 11 is 0. The molecule has 0 amide bonds. The number of benzene rings is 9. The lowest BCUT2D eigenvalue weighted by Crippen LogP contribution is -2.18. The van der Waals surface area contributed by atoms with Crippen molar-refractivity contribution < 1.29 is 0 Å². The number of nitrogens with zero attached hydrogens (tertiary/aromatic N) is 3. The standard InChI is InChI=1S/C48H31N3/c1-30-49-42-20-11-21-44-48(42)50(30)43-27-25-34(29-45(43)51(44)35-13-3-2-4-14-35)47-40-18-9-7-16-38(40)46(39-17-8-10-19-41(39)47)33-24-26-37-32(28-33)23-22-31-12-5-6-15-36(31)37/h2-29H,1H3. The third-order valence-electron chi connectivity index (χ3n) is 10.8. The minimum Gasteiger partial charge on any atom is -0.306 e. The molecule has 0 unspecified atom stereocenters. The van der Waals surface area contributed by atoms with E-state index >= 15 is 0 Å².